The van der Waals surface area contributed by atoms with Crippen molar-refractivity contribution in [3.05, 3.63) is 29.8 Å². The molecule has 1 rings (SSSR count). The van der Waals surface area contributed by atoms with E-state index in [1.807, 2.05) is 6.07 Å². The normalized spacial score (nSPS) is 12.8. The molecule has 0 aromatic heterocycles. The van der Waals surface area contributed by atoms with E-state index in [-0.39, 0.29) is 16.4 Å². The molecule has 0 aliphatic carbocycles. The van der Waals surface area contributed by atoms with Gasteiger partial charge < -0.3 is 4.74 Å². The lowest BCUT2D eigenvalue weighted by Crippen LogP contribution is -2.16. The van der Waals surface area contributed by atoms with Crippen LogP contribution in [-0.4, -0.2) is 43.6 Å². The highest BCUT2D eigenvalue weighted by Gasteiger charge is 2.15. The first-order valence-electron chi connectivity index (χ1n) is 5.56. The quantitative estimate of drug-likeness (QED) is 0.741. The first-order chi connectivity index (χ1) is 8.99. The van der Waals surface area contributed by atoms with Crippen LogP contribution in [0.3, 0.4) is 0 Å². The third-order valence-corrected chi connectivity index (χ3v) is 5.71. The van der Waals surface area contributed by atoms with Crippen LogP contribution in [0.15, 0.2) is 29.2 Å². The number of hydrogen-bond acceptors (Lipinski definition) is 5. The SMILES string of the molecule is COCCS(=O)CCS(=O)(=O)c1ccc(C#N)cc1. The summed E-state index contributed by atoms with van der Waals surface area (Å²) < 4.78 is 40.2. The molecular formula is C12H15NO4S2. The molecule has 1 unspecified atom stereocenters. The van der Waals surface area contributed by atoms with Gasteiger partial charge in [-0.05, 0) is 24.3 Å². The Labute approximate surface area is 115 Å². The second-order valence-corrected chi connectivity index (χ2v) is 7.60. The lowest BCUT2D eigenvalue weighted by Gasteiger charge is -2.04. The number of methoxy groups -OCH3 is 1. The monoisotopic (exact) mass is 301 g/mol. The van der Waals surface area contributed by atoms with Crippen molar-refractivity contribution in [2.45, 2.75) is 4.90 Å². The van der Waals surface area contributed by atoms with Gasteiger partial charge in [-0.1, -0.05) is 0 Å². The average molecular weight is 301 g/mol. The summed E-state index contributed by atoms with van der Waals surface area (Å²) in [6, 6.07) is 7.62. The summed E-state index contributed by atoms with van der Waals surface area (Å²) in [6.07, 6.45) is 0. The second kappa shape index (κ2) is 7.38. The molecule has 7 heteroatoms. The van der Waals surface area contributed by atoms with E-state index in [0.717, 1.165) is 0 Å². The van der Waals surface area contributed by atoms with Crippen molar-refractivity contribution < 1.29 is 17.4 Å². The summed E-state index contributed by atoms with van der Waals surface area (Å²) in [5.41, 5.74) is 0.405. The molecule has 0 bridgehead atoms. The Morgan fingerprint density at radius 2 is 1.89 bits per heavy atom. The maximum atomic E-state index is 12.0. The summed E-state index contributed by atoms with van der Waals surface area (Å²) in [6.45, 7) is 0.351. The van der Waals surface area contributed by atoms with Crippen molar-refractivity contribution in [1.82, 2.24) is 0 Å². The summed E-state index contributed by atoms with van der Waals surface area (Å²) in [7, 11) is -3.15. The number of nitriles is 1. The Bertz CT molecular complexity index is 573. The van der Waals surface area contributed by atoms with Crippen LogP contribution < -0.4 is 0 Å². The Morgan fingerprint density at radius 1 is 1.26 bits per heavy atom. The average Bonchev–Trinajstić information content (AvgIpc) is 2.43. The van der Waals surface area contributed by atoms with Crippen LogP contribution in [-0.2, 0) is 25.4 Å². The third kappa shape index (κ3) is 5.11. The molecule has 104 valence electrons. The fourth-order valence-corrected chi connectivity index (χ4v) is 4.30. The van der Waals surface area contributed by atoms with Gasteiger partial charge in [-0.15, -0.1) is 0 Å². The third-order valence-electron chi connectivity index (χ3n) is 2.44. The molecule has 1 atom stereocenters. The van der Waals surface area contributed by atoms with Crippen LogP contribution in [0, 0.1) is 11.3 Å². The van der Waals surface area contributed by atoms with Gasteiger partial charge in [-0.2, -0.15) is 5.26 Å². The highest BCUT2D eigenvalue weighted by molar-refractivity contribution is 7.93. The number of sulfone groups is 1. The van der Waals surface area contributed by atoms with Gasteiger partial charge in [0.1, 0.15) is 0 Å². The predicted octanol–water partition coefficient (Wildman–Crippen LogP) is 0.727. The van der Waals surface area contributed by atoms with Crippen LogP contribution >= 0.6 is 0 Å². The van der Waals surface area contributed by atoms with Gasteiger partial charge >= 0.3 is 0 Å². The van der Waals surface area contributed by atoms with Crippen molar-refractivity contribution in [3.63, 3.8) is 0 Å². The van der Waals surface area contributed by atoms with Gasteiger partial charge in [-0.3, -0.25) is 4.21 Å². The van der Waals surface area contributed by atoms with E-state index in [0.29, 0.717) is 17.9 Å². The molecule has 0 fully saturated rings. The maximum absolute atomic E-state index is 12.0. The number of ether oxygens (including phenoxy) is 1. The van der Waals surface area contributed by atoms with Gasteiger partial charge in [0.25, 0.3) is 0 Å². The van der Waals surface area contributed by atoms with Gasteiger partial charge in [0.15, 0.2) is 9.84 Å². The molecule has 1 aromatic rings. The summed E-state index contributed by atoms with van der Waals surface area (Å²) >= 11 is 0. The highest BCUT2D eigenvalue weighted by Crippen LogP contribution is 2.12. The molecule has 0 saturated heterocycles. The van der Waals surface area contributed by atoms with Crippen molar-refractivity contribution in [1.29, 1.82) is 5.26 Å². The van der Waals surface area contributed by atoms with Crippen LogP contribution in [0.25, 0.3) is 0 Å². The van der Waals surface area contributed by atoms with Crippen LogP contribution in [0.5, 0.6) is 0 Å². The maximum Gasteiger partial charge on any atom is 0.179 e. The van der Waals surface area contributed by atoms with Gasteiger partial charge in [0, 0.05) is 29.4 Å². The Kier molecular flexibility index (Phi) is 6.15. The van der Waals surface area contributed by atoms with Gasteiger partial charge in [0.2, 0.25) is 0 Å². The van der Waals surface area contributed by atoms with E-state index < -0.39 is 20.6 Å². The van der Waals surface area contributed by atoms with Crippen molar-refractivity contribution >= 4 is 20.6 Å². The van der Waals surface area contributed by atoms with E-state index in [2.05, 4.69) is 0 Å². The zero-order valence-electron chi connectivity index (χ0n) is 10.5. The molecule has 0 spiro atoms. The minimum absolute atomic E-state index is 0.0890. The van der Waals surface area contributed by atoms with Crippen LogP contribution in [0.2, 0.25) is 0 Å². The topological polar surface area (TPSA) is 84.2 Å². The van der Waals surface area contributed by atoms with Gasteiger partial charge in [0.05, 0.1) is 28.9 Å². The van der Waals surface area contributed by atoms with Crippen molar-refractivity contribution in [2.75, 3.05) is 31.0 Å². The fraction of sp³-hybridized carbons (Fsp3) is 0.417. The minimum atomic E-state index is -3.45. The molecule has 5 nitrogen and oxygen atoms in total. The smallest absolute Gasteiger partial charge is 0.179 e. The number of benzene rings is 1. The van der Waals surface area contributed by atoms with Crippen LogP contribution in [0.1, 0.15) is 5.56 Å². The summed E-state index contributed by atoms with van der Waals surface area (Å²) in [4.78, 5) is 0.148. The van der Waals surface area contributed by atoms with Crippen LogP contribution in [0.4, 0.5) is 0 Å². The Balaban J connectivity index is 2.65. The summed E-state index contributed by atoms with van der Waals surface area (Å²) in [5.74, 6) is 0.250. The lowest BCUT2D eigenvalue weighted by molar-refractivity contribution is 0.218. The number of nitrogens with zero attached hydrogens (tertiary/aromatic N) is 1. The molecule has 19 heavy (non-hydrogen) atoms. The molecular weight excluding hydrogens is 286 g/mol. The van der Waals surface area contributed by atoms with Crippen molar-refractivity contribution in [3.8, 4) is 6.07 Å². The molecule has 0 saturated carbocycles. The molecule has 0 radical (unpaired) electrons. The van der Waals surface area contributed by atoms with E-state index in [4.69, 9.17) is 10.00 Å². The predicted molar refractivity (Wildman–Crippen MR) is 73.0 cm³/mol. The Morgan fingerprint density at radius 3 is 2.42 bits per heavy atom. The first-order valence-corrected chi connectivity index (χ1v) is 8.70. The number of rotatable bonds is 7. The Hall–Kier alpha value is -1.23. The molecule has 1 aromatic carbocycles. The molecule has 0 aliphatic heterocycles. The van der Waals surface area contributed by atoms with Crippen molar-refractivity contribution in [2.24, 2.45) is 0 Å². The number of hydrogen-bond donors (Lipinski definition) is 0. The van der Waals surface area contributed by atoms with E-state index in [9.17, 15) is 12.6 Å². The zero-order chi connectivity index (χ0) is 14.3. The molecule has 0 aliphatic rings. The van der Waals surface area contributed by atoms with E-state index >= 15 is 0 Å². The summed E-state index contributed by atoms with van der Waals surface area (Å²) in [5, 5.41) is 8.64. The first kappa shape index (κ1) is 15.8. The second-order valence-electron chi connectivity index (χ2n) is 3.80. The highest BCUT2D eigenvalue weighted by atomic mass is 32.2. The lowest BCUT2D eigenvalue weighted by atomic mass is 10.2. The van der Waals surface area contributed by atoms with Gasteiger partial charge in [-0.25, -0.2) is 8.42 Å². The van der Waals surface area contributed by atoms with E-state index in [1.54, 1.807) is 0 Å². The largest absolute Gasteiger partial charge is 0.384 e. The fourth-order valence-electron chi connectivity index (χ4n) is 1.34. The minimum Gasteiger partial charge on any atom is -0.384 e. The zero-order valence-corrected chi connectivity index (χ0v) is 12.2. The standard InChI is InChI=1S/C12H15NO4S2/c1-17-6-7-18(14)8-9-19(15,16)12-4-2-11(10-13)3-5-12/h2-5H,6-9H2,1H3. The molecule has 0 N–H and O–H groups in total. The molecule has 0 amide bonds. The molecule has 0 heterocycles. The van der Waals surface area contributed by atoms with E-state index in [1.165, 1.54) is 31.4 Å².